The molecule has 1 aromatic carbocycles. The zero-order valence-electron chi connectivity index (χ0n) is 12.3. The fourth-order valence-corrected chi connectivity index (χ4v) is 1.78. The van der Waals surface area contributed by atoms with Crippen molar-refractivity contribution in [3.05, 3.63) is 35.9 Å². The Labute approximate surface area is 120 Å². The van der Waals surface area contributed by atoms with Crippen LogP contribution in [0.15, 0.2) is 30.3 Å². The predicted octanol–water partition coefficient (Wildman–Crippen LogP) is 1.46. The average Bonchev–Trinajstić information content (AvgIpc) is 2.50. The fraction of sp³-hybridized carbons (Fsp3) is 0.533. The van der Waals surface area contributed by atoms with E-state index in [1.54, 1.807) is 12.1 Å². The number of rotatable bonds is 8. The summed E-state index contributed by atoms with van der Waals surface area (Å²) in [6.45, 7) is 4.91. The van der Waals surface area contributed by atoms with E-state index in [0.29, 0.717) is 18.8 Å². The molecule has 0 bridgehead atoms. The first kappa shape index (κ1) is 16.6. The number of ether oxygens (including phenoxy) is 3. The second kappa shape index (κ2) is 7.99. The van der Waals surface area contributed by atoms with Crippen LogP contribution < -0.4 is 5.73 Å². The predicted molar refractivity (Wildman–Crippen MR) is 76.2 cm³/mol. The second-order valence-corrected chi connectivity index (χ2v) is 4.61. The lowest BCUT2D eigenvalue weighted by molar-refractivity contribution is -0.151. The third-order valence-electron chi connectivity index (χ3n) is 2.99. The Kier molecular flexibility index (Phi) is 6.64. The van der Waals surface area contributed by atoms with Crippen molar-refractivity contribution in [2.24, 2.45) is 5.73 Å². The van der Waals surface area contributed by atoms with Crippen molar-refractivity contribution < 1.29 is 19.0 Å². The van der Waals surface area contributed by atoms with Gasteiger partial charge in [-0.25, -0.2) is 4.79 Å². The first-order valence-corrected chi connectivity index (χ1v) is 6.66. The van der Waals surface area contributed by atoms with Gasteiger partial charge in [-0.3, -0.25) is 0 Å². The van der Waals surface area contributed by atoms with Crippen LogP contribution in [0.1, 0.15) is 19.4 Å². The van der Waals surface area contributed by atoms with Crippen molar-refractivity contribution >= 4 is 5.97 Å². The number of esters is 1. The van der Waals surface area contributed by atoms with Crippen LogP contribution in [-0.4, -0.2) is 39.0 Å². The Morgan fingerprint density at radius 3 is 2.55 bits per heavy atom. The van der Waals surface area contributed by atoms with E-state index in [9.17, 15) is 4.79 Å². The highest BCUT2D eigenvalue weighted by atomic mass is 16.5. The van der Waals surface area contributed by atoms with Gasteiger partial charge in [-0.2, -0.15) is 0 Å². The first-order valence-electron chi connectivity index (χ1n) is 6.66. The minimum absolute atomic E-state index is 0.0396. The van der Waals surface area contributed by atoms with Gasteiger partial charge >= 0.3 is 5.97 Å². The molecule has 0 fully saturated rings. The molecular weight excluding hydrogens is 258 g/mol. The monoisotopic (exact) mass is 281 g/mol. The molecule has 20 heavy (non-hydrogen) atoms. The van der Waals surface area contributed by atoms with Crippen molar-refractivity contribution in [2.45, 2.75) is 25.5 Å². The van der Waals surface area contributed by atoms with Gasteiger partial charge in [-0.15, -0.1) is 0 Å². The van der Waals surface area contributed by atoms with Gasteiger partial charge in [0.05, 0.1) is 26.4 Å². The van der Waals surface area contributed by atoms with Crippen molar-refractivity contribution in [1.29, 1.82) is 0 Å². The van der Waals surface area contributed by atoms with Crippen LogP contribution in [0.25, 0.3) is 0 Å². The summed E-state index contributed by atoms with van der Waals surface area (Å²) in [5, 5.41) is 0. The zero-order valence-corrected chi connectivity index (χ0v) is 12.3. The Hall–Kier alpha value is -1.43. The Morgan fingerprint density at radius 2 is 2.00 bits per heavy atom. The summed E-state index contributed by atoms with van der Waals surface area (Å²) in [5.41, 5.74) is 5.56. The van der Waals surface area contributed by atoms with Gasteiger partial charge in [-0.05, 0) is 19.4 Å². The smallest absolute Gasteiger partial charge is 0.332 e. The molecule has 1 rings (SSSR count). The lowest BCUT2D eigenvalue weighted by atomic mass is 9.92. The molecule has 0 heterocycles. The van der Waals surface area contributed by atoms with Crippen LogP contribution in [0.2, 0.25) is 0 Å². The molecule has 0 aliphatic rings. The molecule has 0 aliphatic heterocycles. The minimum atomic E-state index is -1.31. The molecule has 2 unspecified atom stereocenters. The van der Waals surface area contributed by atoms with Gasteiger partial charge in [0.15, 0.2) is 5.54 Å². The number of carbonyl (C=O) groups is 1. The standard InChI is InChI=1S/C15H23NO4/c1-4-19-10-12(2)20-11-15(16,14(17)18-3)13-8-6-5-7-9-13/h5-9,12H,4,10-11,16H2,1-3H3. The third-order valence-corrected chi connectivity index (χ3v) is 2.99. The van der Waals surface area contributed by atoms with Crippen molar-refractivity contribution in [3.63, 3.8) is 0 Å². The fourth-order valence-electron chi connectivity index (χ4n) is 1.78. The van der Waals surface area contributed by atoms with E-state index < -0.39 is 11.5 Å². The maximum Gasteiger partial charge on any atom is 0.332 e. The lowest BCUT2D eigenvalue weighted by Gasteiger charge is -2.28. The topological polar surface area (TPSA) is 70.8 Å². The Balaban J connectivity index is 2.78. The van der Waals surface area contributed by atoms with Crippen molar-refractivity contribution in [3.8, 4) is 0 Å². The SMILES string of the molecule is CCOCC(C)OCC(N)(C(=O)OC)c1ccccc1. The summed E-state index contributed by atoms with van der Waals surface area (Å²) in [5.74, 6) is -0.521. The summed E-state index contributed by atoms with van der Waals surface area (Å²) in [4.78, 5) is 12.0. The van der Waals surface area contributed by atoms with E-state index in [0.717, 1.165) is 0 Å². The summed E-state index contributed by atoms with van der Waals surface area (Å²) in [6.07, 6.45) is -0.147. The lowest BCUT2D eigenvalue weighted by Crippen LogP contribution is -2.50. The van der Waals surface area contributed by atoms with Crippen LogP contribution in [0.4, 0.5) is 0 Å². The maximum absolute atomic E-state index is 12.0. The largest absolute Gasteiger partial charge is 0.467 e. The molecule has 0 saturated carbocycles. The van der Waals surface area contributed by atoms with Gasteiger partial charge in [0.25, 0.3) is 0 Å². The molecule has 2 atom stereocenters. The minimum Gasteiger partial charge on any atom is -0.467 e. The van der Waals surface area contributed by atoms with Gasteiger partial charge in [-0.1, -0.05) is 30.3 Å². The highest BCUT2D eigenvalue weighted by Crippen LogP contribution is 2.21. The molecule has 2 N–H and O–H groups in total. The number of nitrogens with two attached hydrogens (primary N) is 1. The third kappa shape index (κ3) is 4.30. The van der Waals surface area contributed by atoms with Gasteiger partial charge in [0.1, 0.15) is 0 Å². The molecule has 0 radical (unpaired) electrons. The van der Waals surface area contributed by atoms with E-state index in [1.165, 1.54) is 7.11 Å². The summed E-state index contributed by atoms with van der Waals surface area (Å²) in [7, 11) is 1.32. The van der Waals surface area contributed by atoms with E-state index >= 15 is 0 Å². The van der Waals surface area contributed by atoms with Crippen LogP contribution in [0.5, 0.6) is 0 Å². The number of methoxy groups -OCH3 is 1. The van der Waals surface area contributed by atoms with E-state index in [-0.39, 0.29) is 12.7 Å². The zero-order chi connectivity index (χ0) is 15.0. The molecule has 0 saturated heterocycles. The molecule has 5 nitrogen and oxygen atoms in total. The normalized spacial score (nSPS) is 15.4. The van der Waals surface area contributed by atoms with Crippen LogP contribution >= 0.6 is 0 Å². The second-order valence-electron chi connectivity index (χ2n) is 4.61. The molecule has 5 heteroatoms. The molecule has 0 spiro atoms. The van der Waals surface area contributed by atoms with Gasteiger partial charge in [0.2, 0.25) is 0 Å². The van der Waals surface area contributed by atoms with Crippen molar-refractivity contribution in [2.75, 3.05) is 26.9 Å². The molecule has 0 aliphatic carbocycles. The summed E-state index contributed by atoms with van der Waals surface area (Å²) in [6, 6.07) is 9.08. The van der Waals surface area contributed by atoms with E-state index in [1.807, 2.05) is 32.0 Å². The number of carbonyl (C=O) groups excluding carboxylic acids is 1. The first-order chi connectivity index (χ1) is 9.54. The quantitative estimate of drug-likeness (QED) is 0.730. The molecule has 112 valence electrons. The number of hydrogen-bond donors (Lipinski definition) is 1. The number of benzene rings is 1. The maximum atomic E-state index is 12.0. The Bertz CT molecular complexity index is 410. The van der Waals surface area contributed by atoms with E-state index in [2.05, 4.69) is 0 Å². The van der Waals surface area contributed by atoms with Crippen LogP contribution in [-0.2, 0) is 24.5 Å². The highest BCUT2D eigenvalue weighted by molar-refractivity contribution is 5.82. The summed E-state index contributed by atoms with van der Waals surface area (Å²) < 4.78 is 15.7. The van der Waals surface area contributed by atoms with Crippen molar-refractivity contribution in [1.82, 2.24) is 0 Å². The highest BCUT2D eigenvalue weighted by Gasteiger charge is 2.38. The van der Waals surface area contributed by atoms with Crippen LogP contribution in [0, 0.1) is 0 Å². The molecule has 0 aromatic heterocycles. The molecule has 0 amide bonds. The van der Waals surface area contributed by atoms with Crippen LogP contribution in [0.3, 0.4) is 0 Å². The molecule has 1 aromatic rings. The van der Waals surface area contributed by atoms with E-state index in [4.69, 9.17) is 19.9 Å². The average molecular weight is 281 g/mol. The Morgan fingerprint density at radius 1 is 1.35 bits per heavy atom. The van der Waals surface area contributed by atoms with Gasteiger partial charge < -0.3 is 19.9 Å². The van der Waals surface area contributed by atoms with Gasteiger partial charge in [0, 0.05) is 6.61 Å². The summed E-state index contributed by atoms with van der Waals surface area (Å²) >= 11 is 0. The molecular formula is C15H23NO4. The number of hydrogen-bond acceptors (Lipinski definition) is 5.